The number of thioether (sulfide) groups is 1. The maximum absolute atomic E-state index is 12.6. The van der Waals surface area contributed by atoms with Crippen LogP contribution in [0.3, 0.4) is 0 Å². The summed E-state index contributed by atoms with van der Waals surface area (Å²) < 4.78 is 12.6. The highest BCUT2D eigenvalue weighted by Gasteiger charge is 2.24. The number of carbonyl (C=O) groups excluding carboxylic acids is 1. The van der Waals surface area contributed by atoms with E-state index in [0.29, 0.717) is 5.56 Å². The van der Waals surface area contributed by atoms with Crippen LogP contribution in [0.1, 0.15) is 23.2 Å². The van der Waals surface area contributed by atoms with Crippen molar-refractivity contribution in [2.24, 2.45) is 0 Å². The summed E-state index contributed by atoms with van der Waals surface area (Å²) in [5.74, 6) is 0.922. The van der Waals surface area contributed by atoms with E-state index in [1.54, 1.807) is 23.9 Å². The Bertz CT molecular complexity index is 328. The number of halogens is 1. The maximum Gasteiger partial charge on any atom is 0.175 e. The lowest BCUT2D eigenvalue weighted by Gasteiger charge is -2.06. The minimum atomic E-state index is -0.291. The summed E-state index contributed by atoms with van der Waals surface area (Å²) in [5, 5.41) is 0.0976. The van der Waals surface area contributed by atoms with Gasteiger partial charge in [-0.25, -0.2) is 4.39 Å². The molecular weight excluding hydrogens is 199 g/mol. The van der Waals surface area contributed by atoms with Crippen molar-refractivity contribution in [3.63, 3.8) is 0 Å². The Labute approximate surface area is 86.7 Å². The van der Waals surface area contributed by atoms with Crippen LogP contribution in [0, 0.1) is 5.82 Å². The monoisotopic (exact) mass is 210 g/mol. The first kappa shape index (κ1) is 9.71. The predicted octanol–water partition coefficient (Wildman–Crippen LogP) is 2.90. The zero-order valence-electron chi connectivity index (χ0n) is 7.70. The van der Waals surface area contributed by atoms with E-state index < -0.39 is 0 Å². The molecule has 14 heavy (non-hydrogen) atoms. The van der Waals surface area contributed by atoms with Crippen LogP contribution in [0.25, 0.3) is 0 Å². The third-order valence-electron chi connectivity index (χ3n) is 2.35. The van der Waals surface area contributed by atoms with Gasteiger partial charge in [-0.1, -0.05) is 0 Å². The third-order valence-corrected chi connectivity index (χ3v) is 3.73. The van der Waals surface area contributed by atoms with Crippen molar-refractivity contribution >= 4 is 17.5 Å². The molecule has 1 heterocycles. The number of benzene rings is 1. The first-order chi connectivity index (χ1) is 6.77. The van der Waals surface area contributed by atoms with Crippen LogP contribution in [0.2, 0.25) is 0 Å². The largest absolute Gasteiger partial charge is 0.293 e. The van der Waals surface area contributed by atoms with E-state index in [9.17, 15) is 9.18 Å². The van der Waals surface area contributed by atoms with Gasteiger partial charge in [0.05, 0.1) is 5.25 Å². The number of carbonyl (C=O) groups is 1. The molecule has 0 aromatic heterocycles. The fraction of sp³-hybridized carbons (Fsp3) is 0.364. The van der Waals surface area contributed by atoms with Gasteiger partial charge in [0.25, 0.3) is 0 Å². The van der Waals surface area contributed by atoms with E-state index >= 15 is 0 Å². The van der Waals surface area contributed by atoms with Crippen molar-refractivity contribution < 1.29 is 9.18 Å². The average Bonchev–Trinajstić information content (AvgIpc) is 2.71. The van der Waals surface area contributed by atoms with Crippen LogP contribution in [-0.4, -0.2) is 16.8 Å². The second kappa shape index (κ2) is 4.13. The average molecular weight is 210 g/mol. The number of rotatable bonds is 2. The Kier molecular flexibility index (Phi) is 2.87. The lowest BCUT2D eigenvalue weighted by atomic mass is 10.1. The van der Waals surface area contributed by atoms with Gasteiger partial charge < -0.3 is 0 Å². The molecule has 1 unspecified atom stereocenters. The quantitative estimate of drug-likeness (QED) is 0.698. The van der Waals surface area contributed by atoms with Gasteiger partial charge in [-0.3, -0.25) is 4.79 Å². The molecule has 0 N–H and O–H groups in total. The van der Waals surface area contributed by atoms with Crippen molar-refractivity contribution in [1.29, 1.82) is 0 Å². The molecule has 1 saturated heterocycles. The van der Waals surface area contributed by atoms with E-state index in [4.69, 9.17) is 0 Å². The van der Waals surface area contributed by atoms with Crippen LogP contribution in [-0.2, 0) is 0 Å². The third kappa shape index (κ3) is 1.98. The minimum Gasteiger partial charge on any atom is -0.293 e. The molecule has 1 aromatic rings. The number of ketones is 1. The second-order valence-electron chi connectivity index (χ2n) is 3.37. The zero-order valence-corrected chi connectivity index (χ0v) is 8.52. The summed E-state index contributed by atoms with van der Waals surface area (Å²) in [6.45, 7) is 0. The molecule has 1 nitrogen and oxygen atoms in total. The Morgan fingerprint density at radius 2 is 2.07 bits per heavy atom. The molecule has 0 saturated carbocycles. The van der Waals surface area contributed by atoms with Crippen molar-refractivity contribution in [3.8, 4) is 0 Å². The summed E-state index contributed by atoms with van der Waals surface area (Å²) in [7, 11) is 0. The standard InChI is InChI=1S/C11H11FOS/c12-9-5-3-8(4-6-9)11(13)10-2-1-7-14-10/h3-6,10H,1-2,7H2. The normalized spacial score (nSPS) is 21.1. The topological polar surface area (TPSA) is 17.1 Å². The summed E-state index contributed by atoms with van der Waals surface area (Å²) in [4.78, 5) is 11.8. The molecule has 74 valence electrons. The van der Waals surface area contributed by atoms with Gasteiger partial charge >= 0.3 is 0 Å². The molecule has 1 fully saturated rings. The zero-order chi connectivity index (χ0) is 9.97. The van der Waals surface area contributed by atoms with E-state index in [0.717, 1.165) is 18.6 Å². The summed E-state index contributed by atoms with van der Waals surface area (Å²) >= 11 is 1.71. The molecule has 1 atom stereocenters. The molecule has 0 radical (unpaired) electrons. The molecule has 0 amide bonds. The number of Topliss-reactive ketones (excluding diaryl/α,β-unsaturated/α-hetero) is 1. The van der Waals surface area contributed by atoms with E-state index in [1.807, 2.05) is 0 Å². The van der Waals surface area contributed by atoms with Gasteiger partial charge in [-0.15, -0.1) is 0 Å². The Morgan fingerprint density at radius 3 is 2.64 bits per heavy atom. The fourth-order valence-corrected chi connectivity index (χ4v) is 2.82. The number of hydrogen-bond acceptors (Lipinski definition) is 2. The van der Waals surface area contributed by atoms with Crippen molar-refractivity contribution in [2.75, 3.05) is 5.75 Å². The van der Waals surface area contributed by atoms with E-state index in [-0.39, 0.29) is 16.9 Å². The Balaban J connectivity index is 2.14. The second-order valence-corrected chi connectivity index (χ2v) is 4.68. The predicted molar refractivity (Wildman–Crippen MR) is 56.2 cm³/mol. The molecule has 0 spiro atoms. The fourth-order valence-electron chi connectivity index (χ4n) is 1.58. The van der Waals surface area contributed by atoms with Crippen LogP contribution in [0.15, 0.2) is 24.3 Å². The van der Waals surface area contributed by atoms with Gasteiger partial charge in [-0.05, 0) is 42.9 Å². The first-order valence-electron chi connectivity index (χ1n) is 4.69. The van der Waals surface area contributed by atoms with Crippen LogP contribution in [0.4, 0.5) is 4.39 Å². The highest BCUT2D eigenvalue weighted by Crippen LogP contribution is 2.28. The van der Waals surface area contributed by atoms with Crippen molar-refractivity contribution in [3.05, 3.63) is 35.6 Å². The van der Waals surface area contributed by atoms with Gasteiger partial charge in [0, 0.05) is 5.56 Å². The summed E-state index contributed by atoms with van der Waals surface area (Å²) in [6, 6.07) is 5.81. The van der Waals surface area contributed by atoms with Crippen LogP contribution >= 0.6 is 11.8 Å². The SMILES string of the molecule is O=C(c1ccc(F)cc1)C1CCCS1. The van der Waals surface area contributed by atoms with E-state index in [1.165, 1.54) is 12.1 Å². The maximum atomic E-state index is 12.6. The van der Waals surface area contributed by atoms with Crippen molar-refractivity contribution in [1.82, 2.24) is 0 Å². The molecule has 3 heteroatoms. The van der Waals surface area contributed by atoms with Gasteiger partial charge in [0.1, 0.15) is 5.82 Å². The molecule has 0 bridgehead atoms. The molecule has 1 aliphatic rings. The van der Waals surface area contributed by atoms with Crippen LogP contribution < -0.4 is 0 Å². The van der Waals surface area contributed by atoms with Gasteiger partial charge in [-0.2, -0.15) is 11.8 Å². The summed E-state index contributed by atoms with van der Waals surface area (Å²) in [6.07, 6.45) is 2.07. The molecular formula is C11H11FOS. The number of hydrogen-bond donors (Lipinski definition) is 0. The first-order valence-corrected chi connectivity index (χ1v) is 5.73. The Hall–Kier alpha value is -0.830. The molecule has 1 aromatic carbocycles. The van der Waals surface area contributed by atoms with Crippen LogP contribution in [0.5, 0.6) is 0 Å². The summed E-state index contributed by atoms with van der Waals surface area (Å²) in [5.41, 5.74) is 0.630. The highest BCUT2D eigenvalue weighted by molar-refractivity contribution is 8.00. The minimum absolute atomic E-state index is 0.0976. The van der Waals surface area contributed by atoms with E-state index in [2.05, 4.69) is 0 Å². The Morgan fingerprint density at radius 1 is 1.36 bits per heavy atom. The lowest BCUT2D eigenvalue weighted by Crippen LogP contribution is -2.13. The smallest absolute Gasteiger partial charge is 0.175 e. The van der Waals surface area contributed by atoms with Gasteiger partial charge in [0.2, 0.25) is 0 Å². The molecule has 0 aliphatic carbocycles. The molecule has 2 rings (SSSR count). The van der Waals surface area contributed by atoms with Gasteiger partial charge in [0.15, 0.2) is 5.78 Å². The lowest BCUT2D eigenvalue weighted by molar-refractivity contribution is 0.0988. The highest BCUT2D eigenvalue weighted by atomic mass is 32.2. The molecule has 1 aliphatic heterocycles. The van der Waals surface area contributed by atoms with Crippen molar-refractivity contribution in [2.45, 2.75) is 18.1 Å².